The van der Waals surface area contributed by atoms with E-state index in [1.54, 1.807) is 0 Å². The van der Waals surface area contributed by atoms with Crippen LogP contribution in [0.15, 0.2) is 61.1 Å². The van der Waals surface area contributed by atoms with Crippen molar-refractivity contribution in [1.82, 2.24) is 28.9 Å². The first-order chi connectivity index (χ1) is 25.8. The molecule has 276 valence electrons. The summed E-state index contributed by atoms with van der Waals surface area (Å²) in [6.07, 6.45) is 7.04. The standard InChI is InChI=1S/C43H43Cl2N7O2/c1-23-19-46-42(47-20-23)29-11-14-35-33(18-29)36(22-49(35)7)51-21-26(4)52-40-32(12-13-34(44)38(40)37-27(5)48-50(8)28(37)6)31(41(52)43(51)53)10-9-15-54-30-16-24(2)39(45)25(3)17-30/h11-14,16-20,22,26H,9-10,15,21H2,1-8H3/t26-/m1/s1. The molecule has 0 saturated heterocycles. The fourth-order valence-corrected chi connectivity index (χ4v) is 8.56. The van der Waals surface area contributed by atoms with Gasteiger partial charge < -0.3 is 18.8 Å². The molecule has 54 heavy (non-hydrogen) atoms. The molecule has 4 aromatic heterocycles. The minimum Gasteiger partial charge on any atom is -0.494 e. The molecule has 0 saturated carbocycles. The largest absolute Gasteiger partial charge is 0.494 e. The molecule has 7 aromatic rings. The van der Waals surface area contributed by atoms with Gasteiger partial charge in [-0.05, 0) is 113 Å². The van der Waals surface area contributed by atoms with E-state index in [4.69, 9.17) is 33.0 Å². The van der Waals surface area contributed by atoms with Crippen molar-refractivity contribution in [2.45, 2.75) is 60.4 Å². The molecular weight excluding hydrogens is 717 g/mol. The zero-order chi connectivity index (χ0) is 38.2. The summed E-state index contributed by atoms with van der Waals surface area (Å²) in [5, 5.41) is 8.12. The number of halogens is 2. The summed E-state index contributed by atoms with van der Waals surface area (Å²) in [5.41, 5.74) is 12.2. The summed E-state index contributed by atoms with van der Waals surface area (Å²) in [6, 6.07) is 14.1. The Hall–Kier alpha value is -5.12. The molecular formula is C43H43Cl2N7O2. The molecule has 0 spiro atoms. The van der Waals surface area contributed by atoms with E-state index in [0.717, 1.165) is 88.6 Å². The quantitative estimate of drug-likeness (QED) is 0.144. The summed E-state index contributed by atoms with van der Waals surface area (Å²) in [6.45, 7) is 13.2. The molecule has 0 aliphatic carbocycles. The number of hydrogen-bond donors (Lipinski definition) is 0. The Morgan fingerprint density at radius 1 is 0.907 bits per heavy atom. The monoisotopic (exact) mass is 759 g/mol. The molecule has 9 nitrogen and oxygen atoms in total. The van der Waals surface area contributed by atoms with Gasteiger partial charge in [-0.3, -0.25) is 9.48 Å². The predicted octanol–water partition coefficient (Wildman–Crippen LogP) is 10.1. The Kier molecular flexibility index (Phi) is 9.05. The SMILES string of the molecule is Cc1cnc(-c2ccc3c(c2)c(N2C[C@@H](C)n4c(c(CCCOc5cc(C)c(Cl)c(C)c5)c5ccc(Cl)c(-c6c(C)nn(C)c6C)c54)C2=O)cn3C)nc1. The first kappa shape index (κ1) is 35.9. The molecule has 3 aromatic carbocycles. The molecule has 0 radical (unpaired) electrons. The summed E-state index contributed by atoms with van der Waals surface area (Å²) in [4.78, 5) is 26.3. The maximum absolute atomic E-state index is 15.2. The van der Waals surface area contributed by atoms with Crippen molar-refractivity contribution in [3.05, 3.63) is 110 Å². The lowest BCUT2D eigenvalue weighted by molar-refractivity contribution is 0.0957. The molecule has 1 amide bonds. The van der Waals surface area contributed by atoms with Gasteiger partial charge in [0.05, 0.1) is 28.5 Å². The van der Waals surface area contributed by atoms with E-state index in [9.17, 15) is 0 Å². The number of aromatic nitrogens is 6. The van der Waals surface area contributed by atoms with Crippen LogP contribution in [0.4, 0.5) is 5.69 Å². The van der Waals surface area contributed by atoms with Crippen LogP contribution in [-0.2, 0) is 20.5 Å². The molecule has 8 rings (SSSR count). The third-order valence-electron chi connectivity index (χ3n) is 10.9. The summed E-state index contributed by atoms with van der Waals surface area (Å²) >= 11 is 13.6. The molecule has 0 bridgehead atoms. The number of fused-ring (bicyclic) bond motifs is 4. The second kappa shape index (κ2) is 13.6. The van der Waals surface area contributed by atoms with E-state index in [0.29, 0.717) is 42.5 Å². The molecule has 0 N–H and O–H groups in total. The van der Waals surface area contributed by atoms with Crippen LogP contribution in [0, 0.1) is 34.6 Å². The van der Waals surface area contributed by atoms with Gasteiger partial charge in [-0.1, -0.05) is 29.3 Å². The Morgan fingerprint density at radius 3 is 2.31 bits per heavy atom. The second-order valence-electron chi connectivity index (χ2n) is 14.7. The number of rotatable bonds is 8. The average Bonchev–Trinajstić information content (AvgIpc) is 3.74. The predicted molar refractivity (Wildman–Crippen MR) is 218 cm³/mol. The number of nitrogens with zero attached hydrogens (tertiary/aromatic N) is 7. The number of anilines is 1. The molecule has 5 heterocycles. The first-order valence-corrected chi connectivity index (χ1v) is 19.0. The summed E-state index contributed by atoms with van der Waals surface area (Å²) in [7, 11) is 3.97. The van der Waals surface area contributed by atoms with Gasteiger partial charge in [0.1, 0.15) is 11.4 Å². The van der Waals surface area contributed by atoms with E-state index < -0.39 is 0 Å². The maximum atomic E-state index is 15.2. The maximum Gasteiger partial charge on any atom is 0.275 e. The van der Waals surface area contributed by atoms with Crippen LogP contribution in [0.2, 0.25) is 10.0 Å². The van der Waals surface area contributed by atoms with Gasteiger partial charge in [-0.15, -0.1) is 0 Å². The first-order valence-electron chi connectivity index (χ1n) is 18.3. The van der Waals surface area contributed by atoms with Crippen molar-refractivity contribution in [2.24, 2.45) is 14.1 Å². The highest BCUT2D eigenvalue weighted by Crippen LogP contribution is 2.46. The zero-order valence-electron chi connectivity index (χ0n) is 31.9. The van der Waals surface area contributed by atoms with Crippen molar-refractivity contribution >= 4 is 56.6 Å². The normalized spacial score (nSPS) is 14.4. The van der Waals surface area contributed by atoms with Gasteiger partial charge in [0, 0.05) is 89.0 Å². The van der Waals surface area contributed by atoms with Crippen LogP contribution in [0.5, 0.6) is 5.75 Å². The van der Waals surface area contributed by atoms with Crippen molar-refractivity contribution in [1.29, 1.82) is 0 Å². The molecule has 1 atom stereocenters. The van der Waals surface area contributed by atoms with Crippen LogP contribution < -0.4 is 9.64 Å². The summed E-state index contributed by atoms with van der Waals surface area (Å²) < 4.78 is 12.5. The minimum atomic E-state index is -0.0708. The van der Waals surface area contributed by atoms with Crippen LogP contribution in [-0.4, -0.2) is 47.9 Å². The van der Waals surface area contributed by atoms with Gasteiger partial charge in [-0.2, -0.15) is 5.10 Å². The van der Waals surface area contributed by atoms with Crippen LogP contribution >= 0.6 is 23.2 Å². The molecule has 1 aliphatic heterocycles. The number of ether oxygens (including phenoxy) is 1. The Morgan fingerprint density at radius 2 is 1.63 bits per heavy atom. The molecule has 11 heteroatoms. The van der Waals surface area contributed by atoms with Crippen LogP contribution in [0.25, 0.3) is 44.3 Å². The lowest BCUT2D eigenvalue weighted by Gasteiger charge is -2.34. The lowest BCUT2D eigenvalue weighted by Crippen LogP contribution is -2.42. The highest BCUT2D eigenvalue weighted by Gasteiger charge is 2.37. The number of amides is 1. The molecule has 0 fully saturated rings. The fourth-order valence-electron chi connectivity index (χ4n) is 8.20. The fraction of sp³-hybridized carbons (Fsp3) is 0.302. The van der Waals surface area contributed by atoms with Crippen molar-refractivity contribution in [3.63, 3.8) is 0 Å². The molecule has 0 unspecified atom stereocenters. The van der Waals surface area contributed by atoms with E-state index in [1.165, 1.54) is 0 Å². The van der Waals surface area contributed by atoms with Crippen LogP contribution in [0.1, 0.15) is 63.5 Å². The lowest BCUT2D eigenvalue weighted by atomic mass is 9.98. The van der Waals surface area contributed by atoms with E-state index in [-0.39, 0.29) is 11.9 Å². The molecule has 1 aliphatic rings. The van der Waals surface area contributed by atoms with E-state index >= 15 is 4.79 Å². The Balaban J connectivity index is 1.26. The second-order valence-corrected chi connectivity index (χ2v) is 15.5. The topological polar surface area (TPSA) is 83.0 Å². The highest BCUT2D eigenvalue weighted by atomic mass is 35.5. The number of carbonyl (C=O) groups is 1. The minimum absolute atomic E-state index is 0.0460. The van der Waals surface area contributed by atoms with Gasteiger partial charge in [0.15, 0.2) is 5.82 Å². The number of aryl methyl sites for hydroxylation is 7. The van der Waals surface area contributed by atoms with Crippen LogP contribution in [0.3, 0.4) is 0 Å². The Bertz CT molecular complexity index is 2610. The average molecular weight is 761 g/mol. The van der Waals surface area contributed by atoms with Gasteiger partial charge >= 0.3 is 0 Å². The number of carbonyl (C=O) groups excluding carboxylic acids is 1. The van der Waals surface area contributed by atoms with Gasteiger partial charge in [0.25, 0.3) is 5.91 Å². The van der Waals surface area contributed by atoms with Crippen molar-refractivity contribution < 1.29 is 9.53 Å². The highest BCUT2D eigenvalue weighted by molar-refractivity contribution is 6.35. The van der Waals surface area contributed by atoms with Crippen molar-refractivity contribution in [3.8, 4) is 28.3 Å². The smallest absolute Gasteiger partial charge is 0.275 e. The van der Waals surface area contributed by atoms with Crippen molar-refractivity contribution in [2.75, 3.05) is 18.1 Å². The zero-order valence-corrected chi connectivity index (χ0v) is 33.4. The van der Waals surface area contributed by atoms with E-state index in [2.05, 4.69) is 57.3 Å². The third kappa shape index (κ3) is 5.85. The Labute approximate surface area is 325 Å². The number of benzene rings is 3. The summed E-state index contributed by atoms with van der Waals surface area (Å²) in [5.74, 6) is 1.39. The van der Waals surface area contributed by atoms with Gasteiger partial charge in [0.2, 0.25) is 0 Å². The van der Waals surface area contributed by atoms with E-state index in [1.807, 2.05) is 88.0 Å². The van der Waals surface area contributed by atoms with Gasteiger partial charge in [-0.25, -0.2) is 9.97 Å². The number of hydrogen-bond acceptors (Lipinski definition) is 5. The third-order valence-corrected chi connectivity index (χ3v) is 11.8.